The van der Waals surface area contributed by atoms with Crippen LogP contribution >= 0.6 is 0 Å². The van der Waals surface area contributed by atoms with Crippen LogP contribution in [0.2, 0.25) is 0 Å². The Labute approximate surface area is 144 Å². The van der Waals surface area contributed by atoms with Crippen LogP contribution < -0.4 is 14.2 Å². The van der Waals surface area contributed by atoms with E-state index in [9.17, 15) is 5.11 Å². The molecule has 3 aromatic rings. The molecular formula is C18H18N2O5. The minimum Gasteiger partial charge on any atom is -0.493 e. The summed E-state index contributed by atoms with van der Waals surface area (Å²) < 4.78 is 21.1. The van der Waals surface area contributed by atoms with Gasteiger partial charge in [-0.25, -0.2) is 4.98 Å². The average molecular weight is 342 g/mol. The van der Waals surface area contributed by atoms with Gasteiger partial charge in [0.05, 0.1) is 32.3 Å². The Balaban J connectivity index is 1.70. The molecule has 0 fully saturated rings. The van der Waals surface area contributed by atoms with Gasteiger partial charge >= 0.3 is 0 Å². The van der Waals surface area contributed by atoms with E-state index in [1.54, 1.807) is 56.9 Å². The Kier molecular flexibility index (Phi) is 5.15. The number of methoxy groups -OCH3 is 2. The zero-order valence-electron chi connectivity index (χ0n) is 13.9. The van der Waals surface area contributed by atoms with Crippen LogP contribution in [0.5, 0.6) is 17.2 Å². The molecule has 1 N–H and O–H groups in total. The normalized spacial score (nSPS) is 11.8. The second-order valence-corrected chi connectivity index (χ2v) is 5.19. The molecule has 2 aromatic heterocycles. The summed E-state index contributed by atoms with van der Waals surface area (Å²) in [6.07, 6.45) is 3.60. The molecular weight excluding hydrogens is 324 g/mol. The lowest BCUT2D eigenvalue weighted by Gasteiger charge is -2.14. The molecule has 7 heteroatoms. The lowest BCUT2D eigenvalue weighted by atomic mass is 10.1. The molecule has 0 saturated heterocycles. The zero-order valence-corrected chi connectivity index (χ0v) is 13.9. The summed E-state index contributed by atoms with van der Waals surface area (Å²) in [5.74, 6) is 2.34. The third-order valence-corrected chi connectivity index (χ3v) is 3.63. The van der Waals surface area contributed by atoms with E-state index in [0.717, 1.165) is 0 Å². The van der Waals surface area contributed by atoms with Crippen LogP contribution in [0.3, 0.4) is 0 Å². The maximum absolute atomic E-state index is 10.5. The van der Waals surface area contributed by atoms with E-state index in [2.05, 4.69) is 9.97 Å². The summed E-state index contributed by atoms with van der Waals surface area (Å²) >= 11 is 0. The van der Waals surface area contributed by atoms with Crippen molar-refractivity contribution in [1.82, 2.24) is 9.97 Å². The fourth-order valence-electron chi connectivity index (χ4n) is 2.30. The average Bonchev–Trinajstić information content (AvgIpc) is 3.19. The molecule has 0 aliphatic heterocycles. The van der Waals surface area contributed by atoms with Crippen molar-refractivity contribution < 1.29 is 23.7 Å². The molecule has 0 aliphatic carbocycles. The van der Waals surface area contributed by atoms with Gasteiger partial charge in [-0.05, 0) is 29.8 Å². The second kappa shape index (κ2) is 7.67. The predicted octanol–water partition coefficient (Wildman–Crippen LogP) is 2.75. The standard InChI is InChI=1S/C18H18N2O5/c1-22-16-6-3-12(7-17(16)23-2)18(21)15-5-4-13(9-20-15)24-10-14-8-19-11-25-14/h3-9,11,18,21H,10H2,1-2H3. The third-order valence-electron chi connectivity index (χ3n) is 3.63. The molecule has 1 unspecified atom stereocenters. The van der Waals surface area contributed by atoms with Gasteiger partial charge in [0.15, 0.2) is 23.7 Å². The van der Waals surface area contributed by atoms with Crippen LogP contribution in [0.25, 0.3) is 0 Å². The van der Waals surface area contributed by atoms with Gasteiger partial charge in [-0.3, -0.25) is 4.98 Å². The molecule has 1 aromatic carbocycles. The quantitative estimate of drug-likeness (QED) is 0.706. The van der Waals surface area contributed by atoms with Gasteiger partial charge in [-0.15, -0.1) is 0 Å². The monoisotopic (exact) mass is 342 g/mol. The second-order valence-electron chi connectivity index (χ2n) is 5.19. The minimum atomic E-state index is -0.886. The van der Waals surface area contributed by atoms with E-state index in [1.165, 1.54) is 6.39 Å². The number of aliphatic hydroxyl groups is 1. The molecule has 0 aliphatic rings. The number of pyridine rings is 1. The molecule has 0 saturated carbocycles. The summed E-state index contributed by atoms with van der Waals surface area (Å²) in [5, 5.41) is 10.5. The van der Waals surface area contributed by atoms with E-state index in [4.69, 9.17) is 18.6 Å². The van der Waals surface area contributed by atoms with Gasteiger partial charge < -0.3 is 23.7 Å². The molecule has 3 rings (SSSR count). The highest BCUT2D eigenvalue weighted by atomic mass is 16.5. The molecule has 7 nitrogen and oxygen atoms in total. The van der Waals surface area contributed by atoms with Crippen molar-refractivity contribution in [3.63, 3.8) is 0 Å². The van der Waals surface area contributed by atoms with Gasteiger partial charge in [0.1, 0.15) is 18.5 Å². The van der Waals surface area contributed by atoms with Gasteiger partial charge in [-0.1, -0.05) is 6.07 Å². The number of hydrogen-bond donors (Lipinski definition) is 1. The van der Waals surface area contributed by atoms with Crippen LogP contribution in [-0.4, -0.2) is 29.3 Å². The SMILES string of the molecule is COc1ccc(C(O)c2ccc(OCc3cnco3)cn2)cc1OC. The Bertz CT molecular complexity index is 803. The summed E-state index contributed by atoms with van der Waals surface area (Å²) in [6.45, 7) is 0.263. The number of aliphatic hydroxyl groups excluding tert-OH is 1. The molecule has 0 bridgehead atoms. The largest absolute Gasteiger partial charge is 0.493 e. The number of oxazole rings is 1. The maximum Gasteiger partial charge on any atom is 0.181 e. The number of benzene rings is 1. The first-order chi connectivity index (χ1) is 12.2. The van der Waals surface area contributed by atoms with Crippen molar-refractivity contribution >= 4 is 0 Å². The Morgan fingerprint density at radius 2 is 1.92 bits per heavy atom. The first kappa shape index (κ1) is 16.8. The summed E-state index contributed by atoms with van der Waals surface area (Å²) in [5.41, 5.74) is 1.15. The van der Waals surface area contributed by atoms with Crippen LogP contribution in [0.4, 0.5) is 0 Å². The van der Waals surface area contributed by atoms with Gasteiger partial charge in [-0.2, -0.15) is 0 Å². The fraction of sp³-hybridized carbons (Fsp3) is 0.222. The topological polar surface area (TPSA) is 86.8 Å². The van der Waals surface area contributed by atoms with Crippen molar-refractivity contribution in [3.05, 3.63) is 66.1 Å². The molecule has 25 heavy (non-hydrogen) atoms. The number of hydrogen-bond acceptors (Lipinski definition) is 7. The van der Waals surface area contributed by atoms with E-state index < -0.39 is 6.10 Å². The lowest BCUT2D eigenvalue weighted by Crippen LogP contribution is -2.04. The Morgan fingerprint density at radius 3 is 2.56 bits per heavy atom. The maximum atomic E-state index is 10.5. The smallest absolute Gasteiger partial charge is 0.181 e. The van der Waals surface area contributed by atoms with Crippen molar-refractivity contribution in [2.45, 2.75) is 12.7 Å². The van der Waals surface area contributed by atoms with Gasteiger partial charge in [0.25, 0.3) is 0 Å². The van der Waals surface area contributed by atoms with Crippen molar-refractivity contribution in [1.29, 1.82) is 0 Å². The number of nitrogens with zero attached hydrogens (tertiary/aromatic N) is 2. The highest BCUT2D eigenvalue weighted by Crippen LogP contribution is 2.31. The fourth-order valence-corrected chi connectivity index (χ4v) is 2.30. The molecule has 130 valence electrons. The summed E-state index contributed by atoms with van der Waals surface area (Å²) in [4.78, 5) is 8.08. The van der Waals surface area contributed by atoms with E-state index in [-0.39, 0.29) is 6.61 Å². The zero-order chi connectivity index (χ0) is 17.6. The number of ether oxygens (including phenoxy) is 3. The van der Waals surface area contributed by atoms with Crippen molar-refractivity contribution in [2.24, 2.45) is 0 Å². The third kappa shape index (κ3) is 3.89. The van der Waals surface area contributed by atoms with Crippen LogP contribution in [0, 0.1) is 0 Å². The van der Waals surface area contributed by atoms with Crippen molar-refractivity contribution in [2.75, 3.05) is 14.2 Å². The first-order valence-electron chi connectivity index (χ1n) is 7.57. The first-order valence-corrected chi connectivity index (χ1v) is 7.57. The molecule has 2 heterocycles. The Morgan fingerprint density at radius 1 is 1.08 bits per heavy atom. The van der Waals surface area contributed by atoms with E-state index >= 15 is 0 Å². The van der Waals surface area contributed by atoms with Gasteiger partial charge in [0, 0.05) is 0 Å². The predicted molar refractivity (Wildman–Crippen MR) is 88.7 cm³/mol. The number of rotatable bonds is 7. The molecule has 1 atom stereocenters. The highest BCUT2D eigenvalue weighted by Gasteiger charge is 2.15. The van der Waals surface area contributed by atoms with Crippen molar-refractivity contribution in [3.8, 4) is 17.2 Å². The van der Waals surface area contributed by atoms with Gasteiger partial charge in [0.2, 0.25) is 0 Å². The van der Waals surface area contributed by atoms with Crippen LogP contribution in [0.15, 0.2) is 53.5 Å². The van der Waals surface area contributed by atoms with E-state index in [1.807, 2.05) is 0 Å². The minimum absolute atomic E-state index is 0.263. The summed E-state index contributed by atoms with van der Waals surface area (Å²) in [7, 11) is 3.11. The Hall–Kier alpha value is -3.06. The molecule has 0 radical (unpaired) electrons. The molecule has 0 amide bonds. The lowest BCUT2D eigenvalue weighted by molar-refractivity contribution is 0.213. The van der Waals surface area contributed by atoms with E-state index in [0.29, 0.717) is 34.3 Å². The summed E-state index contributed by atoms with van der Waals surface area (Å²) in [6, 6.07) is 8.67. The van der Waals surface area contributed by atoms with Crippen LogP contribution in [-0.2, 0) is 6.61 Å². The molecule has 0 spiro atoms. The van der Waals surface area contributed by atoms with Crippen LogP contribution in [0.1, 0.15) is 23.1 Å². The number of aromatic nitrogens is 2. The highest BCUT2D eigenvalue weighted by molar-refractivity contribution is 5.44.